The Morgan fingerprint density at radius 2 is 1.72 bits per heavy atom. The van der Waals surface area contributed by atoms with Crippen LogP contribution in [0.1, 0.15) is 31.4 Å². The quantitative estimate of drug-likeness (QED) is 0.865. The second kappa shape index (κ2) is 5.59. The molecule has 1 saturated heterocycles. The van der Waals surface area contributed by atoms with Gasteiger partial charge in [-0.15, -0.1) is 0 Å². The van der Waals surface area contributed by atoms with E-state index in [1.54, 1.807) is 12.1 Å². The summed E-state index contributed by atoms with van der Waals surface area (Å²) < 4.78 is 5.37. The van der Waals surface area contributed by atoms with Crippen molar-refractivity contribution in [1.82, 2.24) is 4.90 Å². The molecule has 1 unspecified atom stereocenters. The molecule has 0 spiro atoms. The Hall–Kier alpha value is -1.26. The highest BCUT2D eigenvalue weighted by atomic mass is 16.5. The first-order chi connectivity index (χ1) is 8.58. The monoisotopic (exact) mass is 251 g/mol. The fraction of sp³-hybridized carbons (Fsp3) is 0.571. The molecule has 2 rings (SSSR count). The normalized spacial score (nSPS) is 19.1. The summed E-state index contributed by atoms with van der Waals surface area (Å²) in [6.45, 7) is 3.71. The van der Waals surface area contributed by atoms with Crippen molar-refractivity contribution >= 4 is 0 Å². The molecule has 18 heavy (non-hydrogen) atoms. The first-order valence-corrected chi connectivity index (χ1v) is 6.40. The first kappa shape index (κ1) is 13.2. The maximum atomic E-state index is 9.54. The molecule has 1 aliphatic rings. The summed E-state index contributed by atoms with van der Waals surface area (Å²) in [5.74, 6) is 0.217. The molecule has 0 saturated carbocycles. The highest BCUT2D eigenvalue weighted by Gasteiger charge is 2.23. The number of ether oxygens (including phenoxy) is 1. The Labute approximate surface area is 108 Å². The maximum Gasteiger partial charge on any atom is 0.119 e. The second-order valence-electron chi connectivity index (χ2n) is 4.97. The fourth-order valence-electron chi connectivity index (χ4n) is 2.50. The number of nitrogens with zero attached hydrogens (tertiary/aromatic N) is 1. The first-order valence-electron chi connectivity index (χ1n) is 6.40. The van der Waals surface area contributed by atoms with Crippen molar-refractivity contribution < 1.29 is 14.9 Å². The minimum Gasteiger partial charge on any atom is -0.508 e. The van der Waals surface area contributed by atoms with Gasteiger partial charge in [0.05, 0.1) is 0 Å². The molecule has 1 aliphatic heterocycles. The lowest BCUT2D eigenvalue weighted by Gasteiger charge is -2.35. The zero-order chi connectivity index (χ0) is 13.1. The minimum absolute atomic E-state index is 0.109. The van der Waals surface area contributed by atoms with E-state index in [1.807, 2.05) is 0 Å². The topological polar surface area (TPSA) is 52.9 Å². The van der Waals surface area contributed by atoms with E-state index in [0.717, 1.165) is 31.6 Å². The second-order valence-corrected chi connectivity index (χ2v) is 4.97. The van der Waals surface area contributed by atoms with Crippen molar-refractivity contribution in [3.63, 3.8) is 0 Å². The Balaban J connectivity index is 2.11. The van der Waals surface area contributed by atoms with Gasteiger partial charge in [0.15, 0.2) is 0 Å². The molecule has 1 heterocycles. The largest absolute Gasteiger partial charge is 0.508 e. The van der Waals surface area contributed by atoms with Crippen LogP contribution in [0.2, 0.25) is 0 Å². The van der Waals surface area contributed by atoms with Crippen LogP contribution in [0.15, 0.2) is 18.2 Å². The molecule has 0 aliphatic carbocycles. The zero-order valence-electron chi connectivity index (χ0n) is 11.0. The Morgan fingerprint density at radius 1 is 1.17 bits per heavy atom. The number of hydrogen-bond acceptors (Lipinski definition) is 4. The van der Waals surface area contributed by atoms with E-state index in [1.165, 1.54) is 6.07 Å². The van der Waals surface area contributed by atoms with Crippen LogP contribution < -0.4 is 0 Å². The van der Waals surface area contributed by atoms with Crippen LogP contribution in [-0.4, -0.2) is 41.4 Å². The van der Waals surface area contributed by atoms with Crippen molar-refractivity contribution in [2.75, 3.05) is 20.3 Å². The molecular weight excluding hydrogens is 230 g/mol. The van der Waals surface area contributed by atoms with Crippen LogP contribution >= 0.6 is 0 Å². The predicted octanol–water partition coefficient (Wildman–Crippen LogP) is 2.27. The fourth-order valence-corrected chi connectivity index (χ4v) is 2.50. The summed E-state index contributed by atoms with van der Waals surface area (Å²) in [5.41, 5.74) is 0.932. The molecule has 1 atom stereocenters. The van der Waals surface area contributed by atoms with Crippen LogP contribution in [0, 0.1) is 0 Å². The number of phenolic OH excluding ortho intramolecular Hbond substituents is 2. The summed E-state index contributed by atoms with van der Waals surface area (Å²) in [6, 6.07) is 5.43. The summed E-state index contributed by atoms with van der Waals surface area (Å²) in [7, 11) is 2.09. The van der Waals surface area contributed by atoms with Gasteiger partial charge in [-0.25, -0.2) is 0 Å². The van der Waals surface area contributed by atoms with Gasteiger partial charge in [-0.05, 0) is 44.5 Å². The third-order valence-electron chi connectivity index (χ3n) is 3.78. The third-order valence-corrected chi connectivity index (χ3v) is 3.78. The number of phenols is 2. The van der Waals surface area contributed by atoms with Gasteiger partial charge < -0.3 is 14.9 Å². The lowest BCUT2D eigenvalue weighted by molar-refractivity contribution is 0.0308. The highest BCUT2D eigenvalue weighted by molar-refractivity contribution is 5.38. The van der Waals surface area contributed by atoms with Crippen molar-refractivity contribution in [2.24, 2.45) is 0 Å². The van der Waals surface area contributed by atoms with Gasteiger partial charge in [0.2, 0.25) is 0 Å². The van der Waals surface area contributed by atoms with E-state index < -0.39 is 0 Å². The Bertz CT molecular complexity index is 382. The average molecular weight is 251 g/mol. The van der Waals surface area contributed by atoms with E-state index in [9.17, 15) is 10.2 Å². The third kappa shape index (κ3) is 2.94. The van der Waals surface area contributed by atoms with E-state index in [-0.39, 0.29) is 17.5 Å². The van der Waals surface area contributed by atoms with Crippen LogP contribution in [-0.2, 0) is 4.74 Å². The molecule has 1 aromatic carbocycles. The molecule has 4 nitrogen and oxygen atoms in total. The maximum absolute atomic E-state index is 9.54. The molecule has 1 fully saturated rings. The average Bonchev–Trinajstić information content (AvgIpc) is 2.37. The SMILES string of the molecule is CC(c1cc(O)cc(O)c1)N(C)C1CCOCC1. The van der Waals surface area contributed by atoms with Gasteiger partial charge in [-0.3, -0.25) is 4.90 Å². The number of aromatic hydroxyl groups is 2. The van der Waals surface area contributed by atoms with Crippen molar-refractivity contribution in [1.29, 1.82) is 0 Å². The van der Waals surface area contributed by atoms with E-state index in [0.29, 0.717) is 6.04 Å². The van der Waals surface area contributed by atoms with Crippen molar-refractivity contribution in [3.05, 3.63) is 23.8 Å². The Kier molecular flexibility index (Phi) is 4.09. The standard InChI is InChI=1S/C14H21NO3/c1-10(11-7-13(16)9-14(17)8-11)15(2)12-3-5-18-6-4-12/h7-10,12,16-17H,3-6H2,1-2H3. The van der Waals surface area contributed by atoms with Gasteiger partial charge in [-0.1, -0.05) is 0 Å². The van der Waals surface area contributed by atoms with Gasteiger partial charge in [-0.2, -0.15) is 0 Å². The van der Waals surface area contributed by atoms with Gasteiger partial charge in [0, 0.05) is 31.4 Å². The predicted molar refractivity (Wildman–Crippen MR) is 69.8 cm³/mol. The van der Waals surface area contributed by atoms with Crippen molar-refractivity contribution in [2.45, 2.75) is 31.8 Å². The molecule has 100 valence electrons. The molecular formula is C14H21NO3. The number of hydrogen-bond donors (Lipinski definition) is 2. The number of rotatable bonds is 3. The Morgan fingerprint density at radius 3 is 2.28 bits per heavy atom. The van der Waals surface area contributed by atoms with Gasteiger partial charge >= 0.3 is 0 Å². The summed E-state index contributed by atoms with van der Waals surface area (Å²) in [4.78, 5) is 2.29. The van der Waals surface area contributed by atoms with Crippen LogP contribution in [0.5, 0.6) is 11.5 Å². The summed E-state index contributed by atoms with van der Waals surface area (Å²) >= 11 is 0. The van der Waals surface area contributed by atoms with Gasteiger partial charge in [0.25, 0.3) is 0 Å². The molecule has 0 aromatic heterocycles. The molecule has 1 aromatic rings. The van der Waals surface area contributed by atoms with E-state index in [4.69, 9.17) is 4.74 Å². The molecule has 0 radical (unpaired) electrons. The highest BCUT2D eigenvalue weighted by Crippen LogP contribution is 2.30. The van der Waals surface area contributed by atoms with Crippen LogP contribution in [0.4, 0.5) is 0 Å². The van der Waals surface area contributed by atoms with E-state index >= 15 is 0 Å². The number of benzene rings is 1. The summed E-state index contributed by atoms with van der Waals surface area (Å²) in [5, 5.41) is 19.1. The molecule has 0 amide bonds. The zero-order valence-corrected chi connectivity index (χ0v) is 11.0. The minimum atomic E-state index is 0.109. The van der Waals surface area contributed by atoms with E-state index in [2.05, 4.69) is 18.9 Å². The lowest BCUT2D eigenvalue weighted by Crippen LogP contribution is -2.38. The molecule has 4 heteroatoms. The molecule has 2 N–H and O–H groups in total. The van der Waals surface area contributed by atoms with Gasteiger partial charge in [0.1, 0.15) is 11.5 Å². The lowest BCUT2D eigenvalue weighted by atomic mass is 10.0. The smallest absolute Gasteiger partial charge is 0.119 e. The summed E-state index contributed by atoms with van der Waals surface area (Å²) in [6.07, 6.45) is 2.07. The molecule has 0 bridgehead atoms. The van der Waals surface area contributed by atoms with Crippen LogP contribution in [0.25, 0.3) is 0 Å². The van der Waals surface area contributed by atoms with Crippen LogP contribution in [0.3, 0.4) is 0 Å². The van der Waals surface area contributed by atoms with Crippen molar-refractivity contribution in [3.8, 4) is 11.5 Å².